The van der Waals surface area contributed by atoms with Gasteiger partial charge in [0.15, 0.2) is 0 Å². The van der Waals surface area contributed by atoms with Crippen LogP contribution in [-0.2, 0) is 14.9 Å². The monoisotopic (exact) mass is 263 g/mol. The summed E-state index contributed by atoms with van der Waals surface area (Å²) in [6, 6.07) is -1.24. The van der Waals surface area contributed by atoms with Gasteiger partial charge >= 0.3 is 5.97 Å². The molecule has 0 amide bonds. The van der Waals surface area contributed by atoms with E-state index in [1.54, 1.807) is 0 Å². The summed E-state index contributed by atoms with van der Waals surface area (Å²) >= 11 is 0. The van der Waals surface area contributed by atoms with Crippen molar-refractivity contribution in [2.24, 2.45) is 5.73 Å². The summed E-state index contributed by atoms with van der Waals surface area (Å²) in [6.45, 7) is 0. The van der Waals surface area contributed by atoms with E-state index in [1.807, 2.05) is 0 Å². The Bertz CT molecular complexity index is 238. The van der Waals surface area contributed by atoms with Gasteiger partial charge in [-0.1, -0.05) is 0 Å². The van der Waals surface area contributed by atoms with E-state index in [9.17, 15) is 13.2 Å². The molecule has 0 aromatic heterocycles. The molecule has 0 bridgehead atoms. The number of aliphatic carboxylic acids is 1. The molecule has 0 rings (SSSR count). The molecule has 8 heteroatoms. The number of halogens is 1. The standard InChI is InChI=1S/C4H9NO5S.BrH/c5-3(4(6)7)1-2-11(8,9)10;/h3H,1-2,5H2,(H,6,7)(H,8,9,10);1H. The third-order valence-electron chi connectivity index (χ3n) is 1.00. The number of carboxylic acid groups (broad SMARTS) is 1. The third kappa shape index (κ3) is 7.92. The lowest BCUT2D eigenvalue weighted by Crippen LogP contribution is -2.32. The van der Waals surface area contributed by atoms with E-state index in [0.29, 0.717) is 0 Å². The molecule has 0 aromatic carbocycles. The molecule has 6 nitrogen and oxygen atoms in total. The third-order valence-corrected chi connectivity index (χ3v) is 1.76. The summed E-state index contributed by atoms with van der Waals surface area (Å²) in [7, 11) is -4.10. The van der Waals surface area contributed by atoms with E-state index < -0.39 is 27.9 Å². The van der Waals surface area contributed by atoms with Crippen LogP contribution >= 0.6 is 17.0 Å². The second-order valence-electron chi connectivity index (χ2n) is 2.02. The van der Waals surface area contributed by atoms with Gasteiger partial charge in [-0.05, 0) is 6.42 Å². The molecule has 4 N–H and O–H groups in total. The fourth-order valence-corrected chi connectivity index (χ4v) is 0.951. The number of carboxylic acids is 1. The highest BCUT2D eigenvalue weighted by Crippen LogP contribution is 1.92. The van der Waals surface area contributed by atoms with Gasteiger partial charge in [0.25, 0.3) is 10.1 Å². The lowest BCUT2D eigenvalue weighted by Gasteiger charge is -2.02. The van der Waals surface area contributed by atoms with Crippen LogP contribution in [0.1, 0.15) is 6.42 Å². The predicted octanol–water partition coefficient (Wildman–Crippen LogP) is -0.746. The molecule has 74 valence electrons. The van der Waals surface area contributed by atoms with Crippen molar-refractivity contribution in [2.75, 3.05) is 5.75 Å². The number of rotatable bonds is 4. The van der Waals surface area contributed by atoms with Crippen LogP contribution in [0.3, 0.4) is 0 Å². The first-order valence-corrected chi connectivity index (χ1v) is 4.37. The molecule has 0 radical (unpaired) electrons. The van der Waals surface area contributed by atoms with Crippen molar-refractivity contribution in [1.82, 2.24) is 0 Å². The molecule has 0 aliphatic heterocycles. The molecule has 0 saturated carbocycles. The van der Waals surface area contributed by atoms with Crippen molar-refractivity contribution < 1.29 is 22.9 Å². The quantitative estimate of drug-likeness (QED) is 0.575. The number of hydrogen-bond donors (Lipinski definition) is 3. The molecule has 12 heavy (non-hydrogen) atoms. The van der Waals surface area contributed by atoms with Gasteiger partial charge < -0.3 is 10.8 Å². The first-order valence-electron chi connectivity index (χ1n) is 2.76. The molecule has 0 aliphatic carbocycles. The smallest absolute Gasteiger partial charge is 0.320 e. The molecule has 0 fully saturated rings. The van der Waals surface area contributed by atoms with Crippen LogP contribution in [0.5, 0.6) is 0 Å². The van der Waals surface area contributed by atoms with Crippen molar-refractivity contribution in [3.8, 4) is 0 Å². The van der Waals surface area contributed by atoms with E-state index in [4.69, 9.17) is 15.4 Å². The number of carbonyl (C=O) groups is 1. The molecule has 0 aromatic rings. The average molecular weight is 264 g/mol. The maximum absolute atomic E-state index is 10.1. The maximum atomic E-state index is 10.1. The summed E-state index contributed by atoms with van der Waals surface area (Å²) in [5, 5.41) is 8.18. The predicted molar refractivity (Wildman–Crippen MR) is 47.0 cm³/mol. The Morgan fingerprint density at radius 3 is 2.17 bits per heavy atom. The summed E-state index contributed by atoms with van der Waals surface area (Å²) < 4.78 is 28.3. The first-order chi connectivity index (χ1) is 4.83. The molecule has 0 spiro atoms. The van der Waals surface area contributed by atoms with Crippen LogP contribution in [0.2, 0.25) is 0 Å². The van der Waals surface area contributed by atoms with Crippen LogP contribution in [0.25, 0.3) is 0 Å². The van der Waals surface area contributed by atoms with E-state index >= 15 is 0 Å². The largest absolute Gasteiger partial charge is 0.480 e. The Hall–Kier alpha value is -0.180. The normalized spacial score (nSPS) is 13.2. The van der Waals surface area contributed by atoms with Crippen LogP contribution in [0.4, 0.5) is 0 Å². The van der Waals surface area contributed by atoms with Gasteiger partial charge in [0.1, 0.15) is 6.04 Å². The fourth-order valence-electron chi connectivity index (χ4n) is 0.399. The van der Waals surface area contributed by atoms with Crippen molar-refractivity contribution in [1.29, 1.82) is 0 Å². The topological polar surface area (TPSA) is 118 Å². The van der Waals surface area contributed by atoms with Crippen LogP contribution in [0, 0.1) is 0 Å². The Morgan fingerprint density at radius 2 is 1.92 bits per heavy atom. The average Bonchev–Trinajstić information content (AvgIpc) is 1.80. The molecule has 0 heterocycles. The highest BCUT2D eigenvalue weighted by atomic mass is 79.9. The first kappa shape index (κ1) is 14.3. The fraction of sp³-hybridized carbons (Fsp3) is 0.750. The summed E-state index contributed by atoms with van der Waals surface area (Å²) in [6.07, 6.45) is -0.284. The van der Waals surface area contributed by atoms with E-state index in [2.05, 4.69) is 0 Å². The minimum absolute atomic E-state index is 0. The van der Waals surface area contributed by atoms with Gasteiger partial charge in [0, 0.05) is 0 Å². The highest BCUT2D eigenvalue weighted by Gasteiger charge is 2.14. The van der Waals surface area contributed by atoms with Crippen molar-refractivity contribution in [3.05, 3.63) is 0 Å². The minimum atomic E-state index is -4.10. The van der Waals surface area contributed by atoms with Gasteiger partial charge in [-0.15, -0.1) is 17.0 Å². The Morgan fingerprint density at radius 1 is 1.50 bits per heavy atom. The van der Waals surface area contributed by atoms with Crippen molar-refractivity contribution in [2.45, 2.75) is 12.5 Å². The van der Waals surface area contributed by atoms with Gasteiger partial charge in [0.2, 0.25) is 0 Å². The minimum Gasteiger partial charge on any atom is -0.480 e. The Balaban J connectivity index is 0. The zero-order valence-electron chi connectivity index (χ0n) is 6.00. The zero-order valence-corrected chi connectivity index (χ0v) is 8.53. The SMILES string of the molecule is Br.NC(CCS(=O)(=O)O)C(=O)O. The molecular weight excluding hydrogens is 254 g/mol. The summed E-state index contributed by atoms with van der Waals surface area (Å²) in [5.74, 6) is -1.91. The zero-order chi connectivity index (χ0) is 9.07. The van der Waals surface area contributed by atoms with Crippen LogP contribution in [0.15, 0.2) is 0 Å². The summed E-state index contributed by atoms with van der Waals surface area (Å²) in [5.41, 5.74) is 4.95. The van der Waals surface area contributed by atoms with E-state index in [-0.39, 0.29) is 23.4 Å². The molecular formula is C4H10BrNO5S. The number of hydrogen-bond acceptors (Lipinski definition) is 4. The molecule has 0 aliphatic rings. The second-order valence-corrected chi connectivity index (χ2v) is 3.59. The van der Waals surface area contributed by atoms with Crippen molar-refractivity contribution >= 4 is 33.1 Å². The molecule has 0 saturated heterocycles. The van der Waals surface area contributed by atoms with Crippen molar-refractivity contribution in [3.63, 3.8) is 0 Å². The Labute approximate surface area is 80.3 Å². The van der Waals surface area contributed by atoms with Crippen LogP contribution in [-0.4, -0.2) is 35.8 Å². The number of nitrogens with two attached hydrogens (primary N) is 1. The van der Waals surface area contributed by atoms with Gasteiger partial charge in [-0.2, -0.15) is 8.42 Å². The lowest BCUT2D eigenvalue weighted by atomic mass is 10.2. The van der Waals surface area contributed by atoms with E-state index in [1.165, 1.54) is 0 Å². The van der Waals surface area contributed by atoms with Gasteiger partial charge in [-0.3, -0.25) is 9.35 Å². The Kier molecular flexibility index (Phi) is 6.53. The van der Waals surface area contributed by atoms with Gasteiger partial charge in [0.05, 0.1) is 5.75 Å². The molecule has 1 unspecified atom stereocenters. The van der Waals surface area contributed by atoms with Gasteiger partial charge in [-0.25, -0.2) is 0 Å². The highest BCUT2D eigenvalue weighted by molar-refractivity contribution is 8.93. The lowest BCUT2D eigenvalue weighted by molar-refractivity contribution is -0.138. The van der Waals surface area contributed by atoms with E-state index in [0.717, 1.165) is 0 Å². The summed E-state index contributed by atoms with van der Waals surface area (Å²) in [4.78, 5) is 10.0. The second kappa shape index (κ2) is 5.46. The van der Waals surface area contributed by atoms with Crippen LogP contribution < -0.4 is 5.73 Å². The molecule has 1 atom stereocenters. The maximum Gasteiger partial charge on any atom is 0.320 e.